The maximum absolute atomic E-state index is 12.2. The highest BCUT2D eigenvalue weighted by Gasteiger charge is 2.36. The molecule has 19 heavy (non-hydrogen) atoms. The molecule has 2 atom stereocenters. The maximum Gasteiger partial charge on any atom is 0.243 e. The minimum atomic E-state index is -0.350. The van der Waals surface area contributed by atoms with Gasteiger partial charge in [-0.1, -0.05) is 30.3 Å². The summed E-state index contributed by atoms with van der Waals surface area (Å²) in [4.78, 5) is 23.3. The first kappa shape index (κ1) is 12.2. The van der Waals surface area contributed by atoms with Crippen LogP contribution in [0.4, 0.5) is 0 Å². The van der Waals surface area contributed by atoms with E-state index >= 15 is 0 Å². The third-order valence-electron chi connectivity index (χ3n) is 3.86. The molecule has 4 nitrogen and oxygen atoms in total. The lowest BCUT2D eigenvalue weighted by molar-refractivity contribution is -0.126. The quantitative estimate of drug-likeness (QED) is 0.860. The molecule has 2 N–H and O–H groups in total. The standard InChI is InChI=1S/C15H18N2O2/c18-13-9-8-12(16-13)15(19)17-14(11-6-7-11)10-4-2-1-3-5-10/h1-5,11-12,14H,6-9H2,(H,16,18)(H,17,19)/t12-,14+/m1/s1. The van der Waals surface area contributed by atoms with E-state index in [1.807, 2.05) is 18.2 Å². The number of nitrogens with one attached hydrogen (secondary N) is 2. The molecular formula is C15H18N2O2. The normalized spacial score (nSPS) is 23.8. The molecule has 3 rings (SSSR count). The lowest BCUT2D eigenvalue weighted by atomic mass is 10.0. The van der Waals surface area contributed by atoms with Crippen molar-refractivity contribution in [1.29, 1.82) is 0 Å². The van der Waals surface area contributed by atoms with Crippen LogP contribution in [0.25, 0.3) is 0 Å². The molecule has 0 bridgehead atoms. The second-order valence-electron chi connectivity index (χ2n) is 5.39. The summed E-state index contributed by atoms with van der Waals surface area (Å²) in [5.74, 6) is 0.470. The van der Waals surface area contributed by atoms with Crippen LogP contribution in [0, 0.1) is 5.92 Å². The summed E-state index contributed by atoms with van der Waals surface area (Å²) in [5, 5.41) is 5.82. The lowest BCUT2D eigenvalue weighted by Crippen LogP contribution is -2.43. The van der Waals surface area contributed by atoms with Gasteiger partial charge in [-0.05, 0) is 30.7 Å². The van der Waals surface area contributed by atoms with Crippen LogP contribution < -0.4 is 10.6 Å². The highest BCUT2D eigenvalue weighted by molar-refractivity contribution is 5.91. The highest BCUT2D eigenvalue weighted by Crippen LogP contribution is 2.41. The molecule has 1 saturated heterocycles. The molecular weight excluding hydrogens is 240 g/mol. The van der Waals surface area contributed by atoms with Gasteiger partial charge in [-0.15, -0.1) is 0 Å². The summed E-state index contributed by atoms with van der Waals surface area (Å²) < 4.78 is 0. The van der Waals surface area contributed by atoms with Crippen LogP contribution >= 0.6 is 0 Å². The Balaban J connectivity index is 1.68. The van der Waals surface area contributed by atoms with Gasteiger partial charge in [0.05, 0.1) is 6.04 Å². The SMILES string of the molecule is O=C1CC[C@H](C(=O)N[C@@H](c2ccccc2)C2CC2)N1. The average molecular weight is 258 g/mol. The van der Waals surface area contributed by atoms with Gasteiger partial charge in [-0.2, -0.15) is 0 Å². The number of carbonyl (C=O) groups is 2. The maximum atomic E-state index is 12.2. The van der Waals surface area contributed by atoms with E-state index in [-0.39, 0.29) is 23.9 Å². The Hall–Kier alpha value is -1.84. The zero-order valence-electron chi connectivity index (χ0n) is 10.8. The second-order valence-corrected chi connectivity index (χ2v) is 5.39. The number of rotatable bonds is 4. The third kappa shape index (κ3) is 2.78. The molecule has 2 aliphatic rings. The number of carbonyl (C=O) groups excluding carboxylic acids is 2. The van der Waals surface area contributed by atoms with Gasteiger partial charge < -0.3 is 10.6 Å². The zero-order valence-corrected chi connectivity index (χ0v) is 10.8. The van der Waals surface area contributed by atoms with Crippen molar-refractivity contribution in [3.05, 3.63) is 35.9 Å². The van der Waals surface area contributed by atoms with E-state index in [1.165, 1.54) is 0 Å². The fourth-order valence-corrected chi connectivity index (χ4v) is 2.63. The van der Waals surface area contributed by atoms with Crippen molar-refractivity contribution in [2.45, 2.75) is 37.8 Å². The van der Waals surface area contributed by atoms with Crippen molar-refractivity contribution in [2.24, 2.45) is 5.92 Å². The fraction of sp³-hybridized carbons (Fsp3) is 0.467. The van der Waals surface area contributed by atoms with Crippen molar-refractivity contribution in [1.82, 2.24) is 10.6 Å². The van der Waals surface area contributed by atoms with Crippen LogP contribution in [-0.2, 0) is 9.59 Å². The topological polar surface area (TPSA) is 58.2 Å². The molecule has 100 valence electrons. The first-order valence-corrected chi connectivity index (χ1v) is 6.89. The molecule has 1 saturated carbocycles. The van der Waals surface area contributed by atoms with E-state index in [0.29, 0.717) is 18.8 Å². The minimum absolute atomic E-state index is 0.0252. The number of hydrogen-bond acceptors (Lipinski definition) is 2. The molecule has 2 amide bonds. The molecule has 4 heteroatoms. The van der Waals surface area contributed by atoms with E-state index in [4.69, 9.17) is 0 Å². The molecule has 2 fully saturated rings. The van der Waals surface area contributed by atoms with Crippen LogP contribution in [0.1, 0.15) is 37.3 Å². The van der Waals surface area contributed by atoms with Gasteiger partial charge in [0.1, 0.15) is 6.04 Å². The average Bonchev–Trinajstić information content (AvgIpc) is 3.18. The van der Waals surface area contributed by atoms with Gasteiger partial charge in [0, 0.05) is 6.42 Å². The van der Waals surface area contributed by atoms with Crippen molar-refractivity contribution in [2.75, 3.05) is 0 Å². The van der Waals surface area contributed by atoms with E-state index < -0.39 is 0 Å². The van der Waals surface area contributed by atoms with Crippen molar-refractivity contribution >= 4 is 11.8 Å². The monoisotopic (exact) mass is 258 g/mol. The summed E-state index contributed by atoms with van der Waals surface area (Å²) in [5.41, 5.74) is 1.16. The molecule has 1 aliphatic carbocycles. The van der Waals surface area contributed by atoms with Crippen LogP contribution in [0.2, 0.25) is 0 Å². The van der Waals surface area contributed by atoms with Gasteiger partial charge in [0.25, 0.3) is 0 Å². The molecule has 1 heterocycles. The first-order valence-electron chi connectivity index (χ1n) is 6.89. The van der Waals surface area contributed by atoms with Crippen molar-refractivity contribution in [3.8, 4) is 0 Å². The predicted molar refractivity (Wildman–Crippen MR) is 71.2 cm³/mol. The largest absolute Gasteiger partial charge is 0.347 e. The predicted octanol–water partition coefficient (Wildman–Crippen LogP) is 1.53. The van der Waals surface area contributed by atoms with Crippen molar-refractivity contribution < 1.29 is 9.59 Å². The molecule has 0 radical (unpaired) electrons. The Kier molecular flexibility index (Phi) is 3.23. The van der Waals surface area contributed by atoms with Gasteiger partial charge in [-0.25, -0.2) is 0 Å². The van der Waals surface area contributed by atoms with Gasteiger partial charge in [0.2, 0.25) is 11.8 Å². The van der Waals surface area contributed by atoms with E-state index in [9.17, 15) is 9.59 Å². The van der Waals surface area contributed by atoms with Crippen LogP contribution in [0.3, 0.4) is 0 Å². The van der Waals surface area contributed by atoms with Gasteiger partial charge in [0.15, 0.2) is 0 Å². The number of hydrogen-bond donors (Lipinski definition) is 2. The van der Waals surface area contributed by atoms with Crippen LogP contribution in [0.15, 0.2) is 30.3 Å². The Bertz CT molecular complexity index is 482. The summed E-state index contributed by atoms with van der Waals surface area (Å²) in [6, 6.07) is 9.81. The zero-order chi connectivity index (χ0) is 13.2. The Morgan fingerprint density at radius 2 is 1.95 bits per heavy atom. The lowest BCUT2D eigenvalue weighted by Gasteiger charge is -2.21. The minimum Gasteiger partial charge on any atom is -0.347 e. The smallest absolute Gasteiger partial charge is 0.243 e. The molecule has 0 spiro atoms. The summed E-state index contributed by atoms with van der Waals surface area (Å²) >= 11 is 0. The number of amides is 2. The molecule has 0 unspecified atom stereocenters. The van der Waals surface area contributed by atoms with Crippen LogP contribution in [0.5, 0.6) is 0 Å². The van der Waals surface area contributed by atoms with Crippen molar-refractivity contribution in [3.63, 3.8) is 0 Å². The van der Waals surface area contributed by atoms with Crippen LogP contribution in [-0.4, -0.2) is 17.9 Å². The van der Waals surface area contributed by atoms with E-state index in [1.54, 1.807) is 0 Å². The summed E-state index contributed by atoms with van der Waals surface area (Å²) in [6.07, 6.45) is 3.39. The van der Waals surface area contributed by atoms with Gasteiger partial charge in [-0.3, -0.25) is 9.59 Å². The van der Waals surface area contributed by atoms with E-state index in [0.717, 1.165) is 18.4 Å². The van der Waals surface area contributed by atoms with Gasteiger partial charge >= 0.3 is 0 Å². The highest BCUT2D eigenvalue weighted by atomic mass is 16.2. The molecule has 1 aromatic rings. The molecule has 1 aromatic carbocycles. The molecule has 1 aliphatic heterocycles. The Labute approximate surface area is 112 Å². The second kappa shape index (κ2) is 5.03. The Morgan fingerprint density at radius 1 is 1.21 bits per heavy atom. The summed E-state index contributed by atoms with van der Waals surface area (Å²) in [6.45, 7) is 0. The van der Waals surface area contributed by atoms with E-state index in [2.05, 4.69) is 22.8 Å². The fourth-order valence-electron chi connectivity index (χ4n) is 2.63. The third-order valence-corrected chi connectivity index (χ3v) is 3.86. The summed E-state index contributed by atoms with van der Waals surface area (Å²) in [7, 11) is 0. The first-order chi connectivity index (χ1) is 9.24. The number of benzene rings is 1. The Morgan fingerprint density at radius 3 is 2.53 bits per heavy atom. The molecule has 0 aromatic heterocycles.